The molecule has 0 radical (unpaired) electrons. The Kier molecular flexibility index (Phi) is 7.26. The number of hydrogen-bond acceptors (Lipinski definition) is 5. The molecule has 0 unspecified atom stereocenters. The van der Waals surface area contributed by atoms with Gasteiger partial charge in [0.2, 0.25) is 20.0 Å². The average Bonchev–Trinajstić information content (AvgIpc) is 3.03. The van der Waals surface area contributed by atoms with Gasteiger partial charge in [0.25, 0.3) is 5.91 Å². The van der Waals surface area contributed by atoms with Crippen molar-refractivity contribution in [3.05, 3.63) is 53.6 Å². The molecule has 1 fully saturated rings. The molecule has 1 heterocycles. The summed E-state index contributed by atoms with van der Waals surface area (Å²) in [5, 5.41) is 2.75. The predicted molar refractivity (Wildman–Crippen MR) is 126 cm³/mol. The van der Waals surface area contributed by atoms with Crippen LogP contribution in [-0.2, 0) is 20.0 Å². The van der Waals surface area contributed by atoms with Crippen molar-refractivity contribution in [2.45, 2.75) is 37.5 Å². The molecule has 2 aromatic carbocycles. The Bertz CT molecular complexity index is 1200. The van der Waals surface area contributed by atoms with Crippen LogP contribution in [0.3, 0.4) is 0 Å². The molecule has 1 aliphatic rings. The molecule has 174 valence electrons. The molecular formula is C22H29N3O5S2. The first-order valence-electron chi connectivity index (χ1n) is 10.5. The van der Waals surface area contributed by atoms with Crippen LogP contribution in [0.15, 0.2) is 47.4 Å². The van der Waals surface area contributed by atoms with Crippen LogP contribution in [0, 0.1) is 6.92 Å². The van der Waals surface area contributed by atoms with E-state index in [0.29, 0.717) is 30.0 Å². The van der Waals surface area contributed by atoms with E-state index in [9.17, 15) is 21.6 Å². The maximum atomic E-state index is 13.1. The smallest absolute Gasteiger partial charge is 0.255 e. The normalized spacial score (nSPS) is 15.7. The van der Waals surface area contributed by atoms with Crippen LogP contribution in [0.2, 0.25) is 0 Å². The highest BCUT2D eigenvalue weighted by atomic mass is 32.2. The molecule has 1 amide bonds. The molecule has 0 bridgehead atoms. The molecule has 3 rings (SSSR count). The van der Waals surface area contributed by atoms with Crippen LogP contribution in [0.5, 0.6) is 0 Å². The highest BCUT2D eigenvalue weighted by Crippen LogP contribution is 2.24. The van der Waals surface area contributed by atoms with Gasteiger partial charge in [0, 0.05) is 31.4 Å². The van der Waals surface area contributed by atoms with E-state index < -0.39 is 26.0 Å². The van der Waals surface area contributed by atoms with Gasteiger partial charge in [-0.3, -0.25) is 9.10 Å². The van der Waals surface area contributed by atoms with E-state index >= 15 is 0 Å². The maximum absolute atomic E-state index is 13.1. The largest absolute Gasteiger partial charge is 0.322 e. The fourth-order valence-electron chi connectivity index (χ4n) is 3.61. The molecule has 1 N–H and O–H groups in total. The second kappa shape index (κ2) is 9.60. The first kappa shape index (κ1) is 24.2. The number of carbonyl (C=O) groups excluding carboxylic acids is 1. The van der Waals surface area contributed by atoms with E-state index in [1.165, 1.54) is 23.5 Å². The molecule has 1 aliphatic heterocycles. The summed E-state index contributed by atoms with van der Waals surface area (Å²) >= 11 is 0. The molecule has 32 heavy (non-hydrogen) atoms. The van der Waals surface area contributed by atoms with Crippen molar-refractivity contribution >= 4 is 37.3 Å². The molecule has 0 saturated carbocycles. The Labute approximate surface area is 190 Å². The molecule has 0 atom stereocenters. The molecule has 0 aliphatic carbocycles. The van der Waals surface area contributed by atoms with Gasteiger partial charge in [-0.2, -0.15) is 4.31 Å². The fourth-order valence-corrected chi connectivity index (χ4v) is 5.65. The Balaban J connectivity index is 1.87. The summed E-state index contributed by atoms with van der Waals surface area (Å²) in [5.41, 5.74) is 1.70. The van der Waals surface area contributed by atoms with E-state index in [4.69, 9.17) is 0 Å². The van der Waals surface area contributed by atoms with Crippen molar-refractivity contribution in [2.24, 2.45) is 0 Å². The first-order chi connectivity index (χ1) is 15.0. The monoisotopic (exact) mass is 479 g/mol. The highest BCUT2D eigenvalue weighted by molar-refractivity contribution is 7.92. The summed E-state index contributed by atoms with van der Waals surface area (Å²) in [6.45, 7) is 2.71. The lowest BCUT2D eigenvalue weighted by molar-refractivity contribution is 0.102. The van der Waals surface area contributed by atoms with Gasteiger partial charge < -0.3 is 5.32 Å². The number of carbonyl (C=O) groups is 1. The molecule has 2 aromatic rings. The zero-order valence-electron chi connectivity index (χ0n) is 18.5. The quantitative estimate of drug-likeness (QED) is 0.685. The van der Waals surface area contributed by atoms with Crippen molar-refractivity contribution in [1.82, 2.24) is 4.31 Å². The summed E-state index contributed by atoms with van der Waals surface area (Å²) in [6.07, 6.45) is 4.79. The second-order valence-electron chi connectivity index (χ2n) is 8.03. The molecule has 0 aromatic heterocycles. The molecule has 1 saturated heterocycles. The second-order valence-corrected chi connectivity index (χ2v) is 12.0. The van der Waals surface area contributed by atoms with E-state index in [-0.39, 0.29) is 10.5 Å². The van der Waals surface area contributed by atoms with E-state index in [2.05, 4.69) is 5.32 Å². The molecule has 10 heteroatoms. The summed E-state index contributed by atoms with van der Waals surface area (Å²) < 4.78 is 52.5. The molecule has 8 nitrogen and oxygen atoms in total. The van der Waals surface area contributed by atoms with Gasteiger partial charge >= 0.3 is 0 Å². The predicted octanol–water partition coefficient (Wildman–Crippen LogP) is 3.21. The lowest BCUT2D eigenvalue weighted by Gasteiger charge is -2.20. The number of hydrogen-bond donors (Lipinski definition) is 1. The Morgan fingerprint density at radius 2 is 1.62 bits per heavy atom. The van der Waals surface area contributed by atoms with Crippen LogP contribution in [0.25, 0.3) is 0 Å². The Morgan fingerprint density at radius 1 is 0.969 bits per heavy atom. The third-order valence-corrected chi connectivity index (χ3v) is 8.72. The molecule has 0 spiro atoms. The standard InChI is InChI=1S/C22H29N3O5S2/c1-17-11-12-20(32(29,30)25-13-6-4-5-7-14-25)16-21(17)22(26)23-18-9-8-10-19(15-18)24(2)31(3,27)28/h8-12,15-16H,4-7,13-14H2,1-3H3,(H,23,26). The minimum atomic E-state index is -3.69. The SMILES string of the molecule is Cc1ccc(S(=O)(=O)N2CCCCCC2)cc1C(=O)Nc1cccc(N(C)S(C)(=O)=O)c1. The van der Waals surface area contributed by atoms with Crippen molar-refractivity contribution in [2.75, 3.05) is 36.0 Å². The van der Waals surface area contributed by atoms with E-state index in [0.717, 1.165) is 36.2 Å². The number of rotatable bonds is 6. The summed E-state index contributed by atoms with van der Waals surface area (Å²) in [6, 6.07) is 11.0. The third kappa shape index (κ3) is 5.48. The first-order valence-corrected chi connectivity index (χ1v) is 13.7. The number of nitrogens with zero attached hydrogens (tertiary/aromatic N) is 2. The van der Waals surface area contributed by atoms with Crippen LogP contribution in [-0.4, -0.2) is 53.4 Å². The number of aryl methyl sites for hydroxylation is 1. The summed E-state index contributed by atoms with van der Waals surface area (Å²) in [5.74, 6) is -0.463. The van der Waals surface area contributed by atoms with Crippen LogP contribution >= 0.6 is 0 Å². The minimum Gasteiger partial charge on any atom is -0.322 e. The third-order valence-electron chi connectivity index (χ3n) is 5.62. The Hall–Kier alpha value is -2.43. The summed E-state index contributed by atoms with van der Waals surface area (Å²) in [7, 11) is -5.70. The number of anilines is 2. The van der Waals surface area contributed by atoms with Crippen molar-refractivity contribution in [3.8, 4) is 0 Å². The van der Waals surface area contributed by atoms with Crippen molar-refractivity contribution < 1.29 is 21.6 Å². The Morgan fingerprint density at radius 3 is 2.25 bits per heavy atom. The highest BCUT2D eigenvalue weighted by Gasteiger charge is 2.26. The zero-order chi connectivity index (χ0) is 23.5. The lowest BCUT2D eigenvalue weighted by atomic mass is 10.1. The van der Waals surface area contributed by atoms with Gasteiger partial charge in [-0.25, -0.2) is 16.8 Å². The number of nitrogens with one attached hydrogen (secondary N) is 1. The van der Waals surface area contributed by atoms with Gasteiger partial charge in [-0.1, -0.05) is 25.0 Å². The van der Waals surface area contributed by atoms with Crippen LogP contribution < -0.4 is 9.62 Å². The van der Waals surface area contributed by atoms with E-state index in [1.807, 2.05) is 0 Å². The van der Waals surface area contributed by atoms with Crippen molar-refractivity contribution in [3.63, 3.8) is 0 Å². The van der Waals surface area contributed by atoms with Gasteiger partial charge in [-0.05, 0) is 55.7 Å². The topological polar surface area (TPSA) is 104 Å². The lowest BCUT2D eigenvalue weighted by Crippen LogP contribution is -2.32. The minimum absolute atomic E-state index is 0.0979. The van der Waals surface area contributed by atoms with E-state index in [1.54, 1.807) is 37.3 Å². The summed E-state index contributed by atoms with van der Waals surface area (Å²) in [4.78, 5) is 13.1. The number of sulfonamides is 2. The molecular weight excluding hydrogens is 450 g/mol. The van der Waals surface area contributed by atoms with Gasteiger partial charge in [0.05, 0.1) is 16.8 Å². The van der Waals surface area contributed by atoms with Crippen molar-refractivity contribution in [1.29, 1.82) is 0 Å². The maximum Gasteiger partial charge on any atom is 0.255 e. The number of benzene rings is 2. The average molecular weight is 480 g/mol. The van der Waals surface area contributed by atoms with Gasteiger partial charge in [0.1, 0.15) is 0 Å². The van der Waals surface area contributed by atoms with Gasteiger partial charge in [0.15, 0.2) is 0 Å². The van der Waals surface area contributed by atoms with Crippen LogP contribution in [0.1, 0.15) is 41.6 Å². The fraction of sp³-hybridized carbons (Fsp3) is 0.409. The number of amides is 1. The zero-order valence-corrected chi connectivity index (χ0v) is 20.2. The van der Waals surface area contributed by atoms with Gasteiger partial charge in [-0.15, -0.1) is 0 Å². The van der Waals surface area contributed by atoms with Crippen LogP contribution in [0.4, 0.5) is 11.4 Å².